The quantitative estimate of drug-likeness (QED) is 0.644. The van der Waals surface area contributed by atoms with Crippen molar-refractivity contribution in [2.75, 3.05) is 13.7 Å². The van der Waals surface area contributed by atoms with Crippen molar-refractivity contribution in [1.29, 1.82) is 0 Å². The number of benzene rings is 1. The molecule has 3 atom stereocenters. The van der Waals surface area contributed by atoms with Crippen molar-refractivity contribution in [2.24, 2.45) is 5.92 Å². The van der Waals surface area contributed by atoms with E-state index in [1.54, 1.807) is 7.11 Å². The van der Waals surface area contributed by atoms with Crippen molar-refractivity contribution in [1.82, 2.24) is 14.9 Å². The van der Waals surface area contributed by atoms with Crippen LogP contribution in [0.4, 0.5) is 0 Å². The molecule has 0 saturated carbocycles. The summed E-state index contributed by atoms with van der Waals surface area (Å²) in [5, 5.41) is 6.22. The first-order valence-electron chi connectivity index (χ1n) is 10.2. The van der Waals surface area contributed by atoms with Crippen molar-refractivity contribution in [2.45, 2.75) is 44.7 Å². The first-order chi connectivity index (χ1) is 14.1. The highest BCUT2D eigenvalue weighted by molar-refractivity contribution is 7.16. The van der Waals surface area contributed by atoms with Crippen LogP contribution in [0.2, 0.25) is 0 Å². The zero-order chi connectivity index (χ0) is 20.1. The third kappa shape index (κ3) is 3.29. The minimum atomic E-state index is -0.315. The molecule has 2 aromatic heterocycles. The third-order valence-electron chi connectivity index (χ3n) is 6.66. The molecule has 6 nitrogen and oxygen atoms in total. The number of ether oxygens (including phenoxy) is 1. The van der Waals surface area contributed by atoms with Crippen LogP contribution in [0.5, 0.6) is 5.75 Å². The maximum atomic E-state index is 12.9. The fraction of sp³-hybridized carbons (Fsp3) is 0.455. The topological polar surface area (TPSA) is 76.1 Å². The Kier molecular flexibility index (Phi) is 5.79. The molecule has 0 radical (unpaired) electrons. The Morgan fingerprint density at radius 2 is 2.13 bits per heavy atom. The van der Waals surface area contributed by atoms with Crippen LogP contribution in [0.25, 0.3) is 10.2 Å². The molecule has 3 heterocycles. The van der Waals surface area contributed by atoms with E-state index in [4.69, 9.17) is 4.74 Å². The highest BCUT2D eigenvalue weighted by Crippen LogP contribution is 2.45. The van der Waals surface area contributed by atoms with Gasteiger partial charge in [0.15, 0.2) is 0 Å². The normalized spacial score (nSPS) is 22.4. The molecule has 5 rings (SSSR count). The van der Waals surface area contributed by atoms with Crippen LogP contribution < -0.4 is 21.3 Å². The Morgan fingerprint density at radius 3 is 2.93 bits per heavy atom. The summed E-state index contributed by atoms with van der Waals surface area (Å²) in [7, 11) is 1.73. The van der Waals surface area contributed by atoms with Crippen LogP contribution in [0, 0.1) is 12.8 Å². The Balaban J connectivity index is 0.00000218. The minimum Gasteiger partial charge on any atom is -0.496 e. The maximum absolute atomic E-state index is 12.9. The number of thiophene rings is 1. The third-order valence-corrected chi connectivity index (χ3v) is 7.67. The fourth-order valence-electron chi connectivity index (χ4n) is 5.27. The average Bonchev–Trinajstić information content (AvgIpc) is 3.31. The molecule has 30 heavy (non-hydrogen) atoms. The number of rotatable bonds is 4. The van der Waals surface area contributed by atoms with Crippen molar-refractivity contribution in [3.05, 3.63) is 61.1 Å². The number of methoxy groups -OCH3 is 1. The van der Waals surface area contributed by atoms with Gasteiger partial charge in [0, 0.05) is 18.5 Å². The number of aromatic amines is 1. The Hall–Kier alpha value is -2.09. The van der Waals surface area contributed by atoms with Crippen molar-refractivity contribution in [3.8, 4) is 5.75 Å². The molecule has 1 fully saturated rings. The van der Waals surface area contributed by atoms with Crippen LogP contribution in [-0.2, 0) is 13.0 Å². The van der Waals surface area contributed by atoms with Crippen LogP contribution >= 0.6 is 23.7 Å². The first-order valence-corrected chi connectivity index (χ1v) is 11.1. The summed E-state index contributed by atoms with van der Waals surface area (Å²) in [6.45, 7) is 3.32. The number of aromatic nitrogens is 2. The number of nitrogens with one attached hydrogen (secondary N) is 2. The lowest BCUT2D eigenvalue weighted by atomic mass is 9.73. The standard InChI is InChI=1S/C22H25N3O3S.ClH/c1-12-11-29-20-18(12)21(26)25(22(27)24-20)9-8-16-19-13(10-23-16)6-7-14-15(19)4-3-5-17(14)28-2;/h3-5,11,13,16,19,23H,6-10H2,1-2H3,(H,24,27);1H/t13-,16?,19+;/m0./s1. The first kappa shape index (κ1) is 21.2. The highest BCUT2D eigenvalue weighted by atomic mass is 35.5. The van der Waals surface area contributed by atoms with Gasteiger partial charge in [-0.3, -0.25) is 14.3 Å². The number of halogens is 1. The SMILES string of the molecule is COc1cccc2c1CC[C@H]1CNC(CCn3c(=O)[nH]c4scc(C)c4c3=O)[C@@H]21.Cl. The van der Waals surface area contributed by atoms with Crippen LogP contribution in [0.3, 0.4) is 0 Å². The number of hydrogen-bond acceptors (Lipinski definition) is 5. The molecule has 2 N–H and O–H groups in total. The van der Waals surface area contributed by atoms with Crippen molar-refractivity contribution in [3.63, 3.8) is 0 Å². The predicted octanol–water partition coefficient (Wildman–Crippen LogP) is 3.20. The average molecular weight is 448 g/mol. The Bertz CT molecular complexity index is 1200. The second-order valence-electron chi connectivity index (χ2n) is 8.17. The molecule has 1 aliphatic heterocycles. The molecule has 0 bridgehead atoms. The molecule has 0 spiro atoms. The highest BCUT2D eigenvalue weighted by Gasteiger charge is 2.40. The van der Waals surface area contributed by atoms with E-state index in [0.29, 0.717) is 28.6 Å². The van der Waals surface area contributed by atoms with Gasteiger partial charge in [0.1, 0.15) is 10.6 Å². The van der Waals surface area contributed by atoms with Gasteiger partial charge in [-0.05, 0) is 66.8 Å². The summed E-state index contributed by atoms with van der Waals surface area (Å²) >= 11 is 1.41. The van der Waals surface area contributed by atoms with E-state index < -0.39 is 0 Å². The minimum absolute atomic E-state index is 0. The fourth-order valence-corrected chi connectivity index (χ4v) is 6.19. The molecular weight excluding hydrogens is 422 g/mol. The lowest BCUT2D eigenvalue weighted by Gasteiger charge is -2.32. The predicted molar refractivity (Wildman–Crippen MR) is 123 cm³/mol. The molecule has 2 aliphatic rings. The molecule has 1 saturated heterocycles. The van der Waals surface area contributed by atoms with Crippen molar-refractivity contribution >= 4 is 34.0 Å². The monoisotopic (exact) mass is 447 g/mol. The summed E-state index contributed by atoms with van der Waals surface area (Å²) in [4.78, 5) is 29.0. The van der Waals surface area contributed by atoms with Gasteiger partial charge in [-0.1, -0.05) is 12.1 Å². The van der Waals surface area contributed by atoms with Gasteiger partial charge in [-0.15, -0.1) is 23.7 Å². The zero-order valence-electron chi connectivity index (χ0n) is 17.1. The molecule has 1 aromatic carbocycles. The molecular formula is C22H26ClN3O3S. The molecule has 160 valence electrons. The largest absolute Gasteiger partial charge is 0.496 e. The van der Waals surface area contributed by atoms with E-state index in [1.165, 1.54) is 27.0 Å². The second kappa shape index (κ2) is 8.21. The van der Waals surface area contributed by atoms with Gasteiger partial charge in [0.05, 0.1) is 12.5 Å². The van der Waals surface area contributed by atoms with Gasteiger partial charge < -0.3 is 10.1 Å². The summed E-state index contributed by atoms with van der Waals surface area (Å²) in [6.07, 6.45) is 2.93. The maximum Gasteiger partial charge on any atom is 0.329 e. The van der Waals surface area contributed by atoms with E-state index in [9.17, 15) is 9.59 Å². The van der Waals surface area contributed by atoms with E-state index in [2.05, 4.69) is 22.4 Å². The van der Waals surface area contributed by atoms with Crippen molar-refractivity contribution < 1.29 is 4.74 Å². The molecule has 1 unspecified atom stereocenters. The van der Waals surface area contributed by atoms with Crippen LogP contribution in [0.1, 0.15) is 35.4 Å². The van der Waals surface area contributed by atoms with Gasteiger partial charge in [-0.2, -0.15) is 0 Å². The Labute approximate surface area is 184 Å². The van der Waals surface area contributed by atoms with Crippen LogP contribution in [-0.4, -0.2) is 29.2 Å². The number of aryl methyl sites for hydroxylation is 1. The molecule has 3 aromatic rings. The van der Waals surface area contributed by atoms with E-state index in [-0.39, 0.29) is 29.7 Å². The van der Waals surface area contributed by atoms with Gasteiger partial charge in [-0.25, -0.2) is 4.79 Å². The van der Waals surface area contributed by atoms with Gasteiger partial charge in [0.2, 0.25) is 0 Å². The van der Waals surface area contributed by atoms with Crippen LogP contribution in [0.15, 0.2) is 33.2 Å². The van der Waals surface area contributed by atoms with Gasteiger partial charge in [0.25, 0.3) is 5.56 Å². The number of nitrogens with zero attached hydrogens (tertiary/aromatic N) is 1. The van der Waals surface area contributed by atoms with Gasteiger partial charge >= 0.3 is 5.69 Å². The molecule has 8 heteroatoms. The van der Waals surface area contributed by atoms with E-state index in [1.807, 2.05) is 18.4 Å². The smallest absolute Gasteiger partial charge is 0.329 e. The second-order valence-corrected chi connectivity index (χ2v) is 9.05. The zero-order valence-corrected chi connectivity index (χ0v) is 18.7. The summed E-state index contributed by atoms with van der Waals surface area (Å²) < 4.78 is 6.96. The Morgan fingerprint density at radius 1 is 1.30 bits per heavy atom. The number of hydrogen-bond donors (Lipinski definition) is 2. The lowest BCUT2D eigenvalue weighted by Crippen LogP contribution is -2.37. The molecule has 1 aliphatic carbocycles. The number of fused-ring (bicyclic) bond motifs is 4. The number of H-pyrrole nitrogens is 1. The van der Waals surface area contributed by atoms with E-state index >= 15 is 0 Å². The summed E-state index contributed by atoms with van der Waals surface area (Å²) in [6, 6.07) is 6.57. The molecule has 0 amide bonds. The summed E-state index contributed by atoms with van der Waals surface area (Å²) in [5.74, 6) is 1.96. The van der Waals surface area contributed by atoms with E-state index in [0.717, 1.165) is 37.1 Å². The summed E-state index contributed by atoms with van der Waals surface area (Å²) in [5.41, 5.74) is 3.11. The lowest BCUT2D eigenvalue weighted by molar-refractivity contribution is 0.371.